The largest absolute Gasteiger partial charge is 0.463 e. The zero-order chi connectivity index (χ0) is 22.4. The molecule has 0 radical (unpaired) electrons. The number of hydrogen-bond acceptors (Lipinski definition) is 5. The number of nitrogens with zero attached hydrogens (tertiary/aromatic N) is 5. The summed E-state index contributed by atoms with van der Waals surface area (Å²) in [5.41, 5.74) is 2.03. The van der Waals surface area contributed by atoms with Gasteiger partial charge in [-0.3, -0.25) is 14.0 Å². The average Bonchev–Trinajstić information content (AvgIpc) is 3.40. The summed E-state index contributed by atoms with van der Waals surface area (Å²) in [5, 5.41) is 4.48. The van der Waals surface area contributed by atoms with Crippen molar-refractivity contribution in [3.05, 3.63) is 64.7 Å². The van der Waals surface area contributed by atoms with Crippen molar-refractivity contribution in [3.8, 4) is 0 Å². The summed E-state index contributed by atoms with van der Waals surface area (Å²) >= 11 is 0. The molecular weight excluding hydrogens is 413 g/mol. The van der Waals surface area contributed by atoms with Gasteiger partial charge in [-0.15, -0.1) is 0 Å². The molecule has 1 aliphatic heterocycles. The molecule has 5 rings (SSSR count). The molecule has 1 aromatic carbocycles. The van der Waals surface area contributed by atoms with Gasteiger partial charge < -0.3 is 14.2 Å². The second-order valence-electron chi connectivity index (χ2n) is 8.02. The number of aryl methyl sites for hydroxylation is 1. The lowest BCUT2D eigenvalue weighted by atomic mass is 10.1. The zero-order valence-electron chi connectivity index (χ0n) is 18.0. The van der Waals surface area contributed by atoms with E-state index in [0.29, 0.717) is 55.2 Å². The van der Waals surface area contributed by atoms with Gasteiger partial charge in [-0.2, -0.15) is 5.10 Å². The molecule has 1 saturated heterocycles. The highest BCUT2D eigenvalue weighted by Crippen LogP contribution is 2.23. The Hall–Kier alpha value is -3.62. The summed E-state index contributed by atoms with van der Waals surface area (Å²) in [7, 11) is 0. The van der Waals surface area contributed by atoms with E-state index in [0.717, 1.165) is 5.52 Å². The molecule has 4 heterocycles. The second-order valence-corrected chi connectivity index (χ2v) is 8.02. The molecule has 0 spiro atoms. The van der Waals surface area contributed by atoms with Gasteiger partial charge in [-0.05, 0) is 25.5 Å². The van der Waals surface area contributed by atoms with Crippen LogP contribution in [0.5, 0.6) is 0 Å². The summed E-state index contributed by atoms with van der Waals surface area (Å²) in [6, 6.07) is 9.43. The number of piperazine rings is 1. The molecule has 4 aromatic rings. The number of carbonyl (C=O) groups excluding carboxylic acids is 1. The number of amides is 1. The lowest BCUT2D eigenvalue weighted by Gasteiger charge is -2.37. The van der Waals surface area contributed by atoms with Gasteiger partial charge in [-0.25, -0.2) is 9.07 Å². The number of rotatable bonds is 4. The highest BCUT2D eigenvalue weighted by molar-refractivity contribution is 5.83. The molecular formula is C23H24FN5O3. The first-order chi connectivity index (χ1) is 15.5. The number of hydrogen-bond donors (Lipinski definition) is 0. The first-order valence-corrected chi connectivity index (χ1v) is 10.8. The number of benzene rings is 1. The quantitative estimate of drug-likeness (QED) is 0.491. The van der Waals surface area contributed by atoms with Crippen molar-refractivity contribution in [3.63, 3.8) is 0 Å². The molecule has 9 heteroatoms. The molecule has 1 aliphatic rings. The van der Waals surface area contributed by atoms with E-state index < -0.39 is 6.04 Å². The third-order valence-corrected chi connectivity index (χ3v) is 6.18. The minimum atomic E-state index is -0.701. The third kappa shape index (κ3) is 3.16. The molecule has 1 atom stereocenters. The number of carbonyl (C=O) groups is 1. The Labute approximate surface area is 183 Å². The topological polar surface area (TPSA) is 76.0 Å². The minimum Gasteiger partial charge on any atom is -0.463 e. The van der Waals surface area contributed by atoms with Crippen LogP contribution in [0.1, 0.15) is 25.2 Å². The van der Waals surface area contributed by atoms with Gasteiger partial charge in [-0.1, -0.05) is 19.1 Å². The predicted molar refractivity (Wildman–Crippen MR) is 118 cm³/mol. The van der Waals surface area contributed by atoms with Gasteiger partial charge in [0, 0.05) is 38.3 Å². The van der Waals surface area contributed by atoms with Crippen LogP contribution in [0, 0.1) is 12.7 Å². The van der Waals surface area contributed by atoms with E-state index in [1.807, 2.05) is 11.8 Å². The number of halogens is 1. The Kier molecular flexibility index (Phi) is 4.96. The first-order valence-electron chi connectivity index (χ1n) is 10.8. The Bertz CT molecular complexity index is 1360. The van der Waals surface area contributed by atoms with Crippen LogP contribution in [-0.2, 0) is 4.79 Å². The van der Waals surface area contributed by atoms with Crippen molar-refractivity contribution >= 4 is 28.2 Å². The molecule has 3 aromatic heterocycles. The summed E-state index contributed by atoms with van der Waals surface area (Å²) in [5.74, 6) is 0.192. The molecule has 8 nitrogen and oxygen atoms in total. The Morgan fingerprint density at radius 2 is 1.91 bits per heavy atom. The smallest absolute Gasteiger partial charge is 0.291 e. The number of fused-ring (bicyclic) bond motifs is 3. The van der Waals surface area contributed by atoms with Gasteiger partial charge in [0.25, 0.3) is 5.56 Å². The number of furan rings is 1. The highest BCUT2D eigenvalue weighted by Gasteiger charge is 2.30. The summed E-state index contributed by atoms with van der Waals surface area (Å²) < 4.78 is 22.6. The average molecular weight is 437 g/mol. The molecule has 1 fully saturated rings. The van der Waals surface area contributed by atoms with Gasteiger partial charge in [0.1, 0.15) is 23.2 Å². The van der Waals surface area contributed by atoms with E-state index in [9.17, 15) is 14.0 Å². The fourth-order valence-electron chi connectivity index (χ4n) is 4.54. The van der Waals surface area contributed by atoms with Crippen molar-refractivity contribution in [2.45, 2.75) is 26.3 Å². The maximum atomic E-state index is 14.1. The highest BCUT2D eigenvalue weighted by atomic mass is 19.1. The molecule has 0 aliphatic carbocycles. The number of para-hydroxylation sites is 1. The Morgan fingerprint density at radius 1 is 1.16 bits per heavy atom. The maximum Gasteiger partial charge on any atom is 0.291 e. The van der Waals surface area contributed by atoms with Crippen LogP contribution >= 0.6 is 0 Å². The zero-order valence-corrected chi connectivity index (χ0v) is 18.0. The van der Waals surface area contributed by atoms with Crippen LogP contribution in [0.4, 0.5) is 10.1 Å². The molecule has 0 bridgehead atoms. The number of anilines is 1. The van der Waals surface area contributed by atoms with Crippen LogP contribution in [0.25, 0.3) is 16.6 Å². The molecule has 0 N–H and O–H groups in total. The van der Waals surface area contributed by atoms with Crippen molar-refractivity contribution in [1.29, 1.82) is 0 Å². The lowest BCUT2D eigenvalue weighted by Crippen LogP contribution is -2.51. The molecule has 0 saturated carbocycles. The van der Waals surface area contributed by atoms with Crippen LogP contribution in [0.2, 0.25) is 0 Å². The first kappa shape index (κ1) is 20.3. The number of aromatic nitrogens is 3. The SMILES string of the molecule is CCC(C(=O)N1CCN(c2ccccc2F)CC1)n1nc(C)n2c(cc3occc32)c1=O. The van der Waals surface area contributed by atoms with Crippen LogP contribution in [0.3, 0.4) is 0 Å². The Balaban J connectivity index is 1.41. The van der Waals surface area contributed by atoms with Gasteiger partial charge in [0.15, 0.2) is 5.58 Å². The molecule has 166 valence electrons. The van der Waals surface area contributed by atoms with Crippen LogP contribution < -0.4 is 10.5 Å². The lowest BCUT2D eigenvalue weighted by molar-refractivity contribution is -0.135. The summed E-state index contributed by atoms with van der Waals surface area (Å²) in [4.78, 5) is 30.3. The predicted octanol–water partition coefficient (Wildman–Crippen LogP) is 2.99. The van der Waals surface area contributed by atoms with E-state index >= 15 is 0 Å². The van der Waals surface area contributed by atoms with E-state index in [1.54, 1.807) is 52.8 Å². The van der Waals surface area contributed by atoms with E-state index in [-0.39, 0.29) is 17.3 Å². The van der Waals surface area contributed by atoms with Gasteiger partial charge in [0.2, 0.25) is 5.91 Å². The van der Waals surface area contributed by atoms with Gasteiger partial charge in [0.05, 0.1) is 17.5 Å². The second kappa shape index (κ2) is 7.81. The molecule has 32 heavy (non-hydrogen) atoms. The van der Waals surface area contributed by atoms with E-state index in [4.69, 9.17) is 4.42 Å². The van der Waals surface area contributed by atoms with E-state index in [2.05, 4.69) is 5.10 Å². The normalized spacial score (nSPS) is 15.6. The van der Waals surface area contributed by atoms with Crippen LogP contribution in [-0.4, -0.2) is 51.2 Å². The molecule has 1 unspecified atom stereocenters. The Morgan fingerprint density at radius 3 is 2.62 bits per heavy atom. The van der Waals surface area contributed by atoms with Crippen LogP contribution in [0.15, 0.2) is 51.9 Å². The van der Waals surface area contributed by atoms with Crippen molar-refractivity contribution in [1.82, 2.24) is 19.1 Å². The fraction of sp³-hybridized carbons (Fsp3) is 0.348. The van der Waals surface area contributed by atoms with Crippen molar-refractivity contribution in [2.75, 3.05) is 31.1 Å². The summed E-state index contributed by atoms with van der Waals surface area (Å²) in [6.07, 6.45) is 2.01. The minimum absolute atomic E-state index is 0.144. The van der Waals surface area contributed by atoms with Crippen molar-refractivity contribution in [2.24, 2.45) is 0 Å². The summed E-state index contributed by atoms with van der Waals surface area (Å²) in [6.45, 7) is 5.64. The third-order valence-electron chi connectivity index (χ3n) is 6.18. The fourth-order valence-corrected chi connectivity index (χ4v) is 4.54. The monoisotopic (exact) mass is 437 g/mol. The van der Waals surface area contributed by atoms with E-state index in [1.165, 1.54) is 10.7 Å². The maximum absolute atomic E-state index is 14.1. The van der Waals surface area contributed by atoms with Crippen molar-refractivity contribution < 1.29 is 13.6 Å². The standard InChI is InChI=1S/C23H24FN5O3/c1-3-17(22(30)27-11-9-26(10-12-27)18-7-5-4-6-16(18)24)29-23(31)20-14-21-19(8-13-32-21)28(20)15(2)25-29/h4-8,13-14,17H,3,9-12H2,1-2H3. The van der Waals surface area contributed by atoms with Gasteiger partial charge >= 0.3 is 0 Å². The molecule has 1 amide bonds.